The lowest BCUT2D eigenvalue weighted by Gasteiger charge is -2.33. The molecule has 1 aromatic heterocycles. The number of nitrogens with zero attached hydrogens (tertiary/aromatic N) is 3. The fourth-order valence-electron chi connectivity index (χ4n) is 4.56. The summed E-state index contributed by atoms with van der Waals surface area (Å²) in [6.45, 7) is 0. The van der Waals surface area contributed by atoms with Crippen LogP contribution in [0.25, 0.3) is 0 Å². The number of oxime groups is 1. The number of amidine groups is 1. The summed E-state index contributed by atoms with van der Waals surface area (Å²) in [6.07, 6.45) is 2.65. The Bertz CT molecular complexity index is 1430. The Morgan fingerprint density at radius 1 is 0.902 bits per heavy atom. The molecule has 13 heteroatoms. The van der Waals surface area contributed by atoms with Crippen LogP contribution in [0.4, 0.5) is 0 Å². The number of benzene rings is 2. The highest BCUT2D eigenvalue weighted by Gasteiger charge is 2.39. The Labute approximate surface area is 256 Å². The van der Waals surface area contributed by atoms with Crippen LogP contribution in [-0.4, -0.2) is 39.4 Å². The molecule has 41 heavy (non-hydrogen) atoms. The number of Topliss-reactive ketones (excluding diaryl/α,β-unsaturated/α-hetero) is 2. The molecule has 3 aromatic rings. The molecule has 1 heterocycles. The zero-order chi connectivity index (χ0) is 29.5. The quantitative estimate of drug-likeness (QED) is 0.0705. The van der Waals surface area contributed by atoms with Gasteiger partial charge in [0.05, 0.1) is 0 Å². The first-order valence-corrected chi connectivity index (χ1v) is 14.6. The Morgan fingerprint density at radius 3 is 1.95 bits per heavy atom. The third-order valence-corrected chi connectivity index (χ3v) is 7.90. The zero-order valence-electron chi connectivity index (χ0n) is 21.6. The highest BCUT2D eigenvalue weighted by Crippen LogP contribution is 2.42. The van der Waals surface area contributed by atoms with E-state index in [4.69, 9.17) is 56.7 Å². The average molecular weight is 640 g/mol. The first kappa shape index (κ1) is 31.0. The van der Waals surface area contributed by atoms with Gasteiger partial charge >= 0.3 is 5.97 Å². The SMILES string of the molecule is N/C(=N\OC(=O)CCl)C1CC(C(=O)c2cccc(Cl)c2)C1.O=C(c1cccc(Cl)c1)C1CC(c2noc(CCl)n2)C1. The van der Waals surface area contributed by atoms with Crippen LogP contribution in [0.1, 0.15) is 64.0 Å². The minimum absolute atomic E-state index is 0.0106. The topological polar surface area (TPSA) is 138 Å². The van der Waals surface area contributed by atoms with Crippen LogP contribution in [0.3, 0.4) is 0 Å². The van der Waals surface area contributed by atoms with Crippen molar-refractivity contribution in [3.63, 3.8) is 0 Å². The van der Waals surface area contributed by atoms with Gasteiger partial charge in [-0.1, -0.05) is 57.8 Å². The summed E-state index contributed by atoms with van der Waals surface area (Å²) in [5.74, 6) is 0.759. The van der Waals surface area contributed by atoms with Gasteiger partial charge in [-0.05, 0) is 49.9 Å². The molecule has 2 fully saturated rings. The smallest absolute Gasteiger partial charge is 0.349 e. The summed E-state index contributed by atoms with van der Waals surface area (Å²) in [7, 11) is 0. The standard InChI is InChI=1S/C14H14Cl2N2O3.C14H12Cl2N2O2/c15-7-12(19)21-18-14(17)10-4-9(5-10)13(20)8-2-1-3-11(16)6-8;15-7-12-17-14(18-20-12)10-4-9(5-10)13(19)8-2-1-3-11(16)6-8/h1-3,6,9-10H,4-5,7H2,(H2,17,18);1-3,6,9-10H,4-5,7H2. The minimum Gasteiger partial charge on any atom is -0.384 e. The van der Waals surface area contributed by atoms with Gasteiger partial charge in [-0.2, -0.15) is 4.98 Å². The van der Waals surface area contributed by atoms with Gasteiger partial charge in [0.2, 0.25) is 5.89 Å². The molecule has 9 nitrogen and oxygen atoms in total. The van der Waals surface area contributed by atoms with Gasteiger partial charge in [-0.15, -0.1) is 23.2 Å². The van der Waals surface area contributed by atoms with Gasteiger partial charge in [0.15, 0.2) is 17.4 Å². The van der Waals surface area contributed by atoms with E-state index >= 15 is 0 Å². The van der Waals surface area contributed by atoms with Crippen LogP contribution in [0.5, 0.6) is 0 Å². The van der Waals surface area contributed by atoms with Gasteiger partial charge in [0.1, 0.15) is 17.6 Å². The van der Waals surface area contributed by atoms with Crippen LogP contribution < -0.4 is 5.73 Å². The van der Waals surface area contributed by atoms with Crippen LogP contribution in [0, 0.1) is 17.8 Å². The van der Waals surface area contributed by atoms with Crippen molar-refractivity contribution in [1.82, 2.24) is 10.1 Å². The number of carbonyl (C=O) groups excluding carboxylic acids is 3. The maximum Gasteiger partial charge on any atom is 0.349 e. The summed E-state index contributed by atoms with van der Waals surface area (Å²) >= 11 is 22.7. The van der Waals surface area contributed by atoms with E-state index in [1.54, 1.807) is 48.5 Å². The number of alkyl halides is 2. The number of halogens is 4. The molecular weight excluding hydrogens is 614 g/mol. The fraction of sp³-hybridized carbons (Fsp3) is 0.357. The van der Waals surface area contributed by atoms with Crippen molar-refractivity contribution >= 4 is 69.8 Å². The van der Waals surface area contributed by atoms with Crippen LogP contribution in [0.2, 0.25) is 10.0 Å². The number of hydrogen-bond donors (Lipinski definition) is 1. The molecule has 0 unspecified atom stereocenters. The van der Waals surface area contributed by atoms with E-state index < -0.39 is 5.97 Å². The molecular formula is C28H26Cl4N4O5. The lowest BCUT2D eigenvalue weighted by Crippen LogP contribution is -2.39. The second kappa shape index (κ2) is 14.3. The molecule has 0 bridgehead atoms. The maximum absolute atomic E-state index is 12.3. The largest absolute Gasteiger partial charge is 0.384 e. The molecule has 216 valence electrons. The van der Waals surface area contributed by atoms with Crippen molar-refractivity contribution in [3.8, 4) is 0 Å². The first-order valence-electron chi connectivity index (χ1n) is 12.8. The van der Waals surface area contributed by atoms with Gasteiger partial charge in [-0.3, -0.25) is 9.59 Å². The predicted octanol–water partition coefficient (Wildman–Crippen LogP) is 6.44. The van der Waals surface area contributed by atoms with Crippen LogP contribution in [-0.2, 0) is 15.5 Å². The molecule has 2 aliphatic carbocycles. The van der Waals surface area contributed by atoms with Gasteiger partial charge in [0, 0.05) is 44.8 Å². The number of ketones is 2. The van der Waals surface area contributed by atoms with E-state index in [0.29, 0.717) is 45.7 Å². The Balaban J connectivity index is 0.000000189. The second-order valence-corrected chi connectivity index (χ2v) is 11.2. The highest BCUT2D eigenvalue weighted by molar-refractivity contribution is 6.31. The van der Waals surface area contributed by atoms with Crippen molar-refractivity contribution in [2.45, 2.75) is 37.5 Å². The van der Waals surface area contributed by atoms with Crippen molar-refractivity contribution in [2.24, 2.45) is 28.6 Å². The van der Waals surface area contributed by atoms with Gasteiger partial charge in [-0.25, -0.2) is 4.79 Å². The van der Waals surface area contributed by atoms with E-state index in [1.165, 1.54) is 0 Å². The second-order valence-electron chi connectivity index (χ2n) is 9.77. The summed E-state index contributed by atoms with van der Waals surface area (Å²) in [5.41, 5.74) is 6.96. The van der Waals surface area contributed by atoms with E-state index in [2.05, 4.69) is 20.1 Å². The molecule has 0 amide bonds. The molecule has 2 saturated carbocycles. The number of nitrogens with two attached hydrogens (primary N) is 1. The fourth-order valence-corrected chi connectivity index (χ4v) is 5.10. The molecule has 0 saturated heterocycles. The molecule has 2 N–H and O–H groups in total. The first-order chi connectivity index (χ1) is 19.7. The molecule has 0 atom stereocenters. The number of carbonyl (C=O) groups is 3. The van der Waals surface area contributed by atoms with Gasteiger partial charge in [0.25, 0.3) is 0 Å². The normalized spacial score (nSPS) is 21.5. The third kappa shape index (κ3) is 8.07. The lowest BCUT2D eigenvalue weighted by molar-refractivity contribution is -0.140. The minimum atomic E-state index is -0.662. The Morgan fingerprint density at radius 2 is 1.46 bits per heavy atom. The van der Waals surface area contributed by atoms with Gasteiger partial charge < -0.3 is 15.1 Å². The summed E-state index contributed by atoms with van der Waals surface area (Å²) in [6, 6.07) is 13.9. The van der Waals surface area contributed by atoms with Crippen molar-refractivity contribution < 1.29 is 23.7 Å². The third-order valence-electron chi connectivity index (χ3n) is 6.98. The molecule has 0 radical (unpaired) electrons. The molecule has 2 aliphatic rings. The predicted molar refractivity (Wildman–Crippen MR) is 156 cm³/mol. The molecule has 0 aliphatic heterocycles. The number of aromatic nitrogens is 2. The van der Waals surface area contributed by atoms with Crippen molar-refractivity contribution in [3.05, 3.63) is 81.4 Å². The lowest BCUT2D eigenvalue weighted by atomic mass is 9.71. The van der Waals surface area contributed by atoms with E-state index in [1.807, 2.05) is 0 Å². The van der Waals surface area contributed by atoms with Crippen molar-refractivity contribution in [1.29, 1.82) is 0 Å². The van der Waals surface area contributed by atoms with Crippen LogP contribution >= 0.6 is 46.4 Å². The molecule has 5 rings (SSSR count). The summed E-state index contributed by atoms with van der Waals surface area (Å²) in [4.78, 5) is 44.0. The molecule has 0 spiro atoms. The average Bonchev–Trinajstić information content (AvgIpc) is 3.39. The van der Waals surface area contributed by atoms with Crippen molar-refractivity contribution in [2.75, 3.05) is 5.88 Å². The summed E-state index contributed by atoms with van der Waals surface area (Å²) in [5, 5.41) is 8.53. The van der Waals surface area contributed by atoms with E-state index in [-0.39, 0.29) is 52.8 Å². The Hall–Kier alpha value is -2.98. The van der Waals surface area contributed by atoms with E-state index in [9.17, 15) is 14.4 Å². The monoisotopic (exact) mass is 638 g/mol. The molecule has 2 aromatic carbocycles. The van der Waals surface area contributed by atoms with Crippen LogP contribution in [0.15, 0.2) is 58.2 Å². The Kier molecular flexibility index (Phi) is 10.8. The number of rotatable bonds is 9. The zero-order valence-corrected chi connectivity index (χ0v) is 24.7. The highest BCUT2D eigenvalue weighted by atomic mass is 35.5. The summed E-state index contributed by atoms with van der Waals surface area (Å²) < 4.78 is 4.97. The van der Waals surface area contributed by atoms with E-state index in [0.717, 1.165) is 12.8 Å². The number of hydrogen-bond acceptors (Lipinski definition) is 8. The maximum atomic E-state index is 12.3.